The summed E-state index contributed by atoms with van der Waals surface area (Å²) in [5.74, 6) is -3.10. The fourth-order valence-electron chi connectivity index (χ4n) is 0.473. The molecule has 0 aromatic rings. The molecule has 0 unspecified atom stereocenters. The summed E-state index contributed by atoms with van der Waals surface area (Å²) in [7, 11) is 0. The number of alkyl halides is 3. The maximum Gasteiger partial charge on any atom is 0.490 e. The molecule has 0 aliphatic carbocycles. The van der Waals surface area contributed by atoms with Gasteiger partial charge in [0, 0.05) is 11.6 Å². The van der Waals surface area contributed by atoms with E-state index in [0.29, 0.717) is 6.61 Å². The number of esters is 1. The fraction of sp³-hybridized carbons (Fsp3) is 0.600. The summed E-state index contributed by atoms with van der Waals surface area (Å²) in [4.78, 5) is 19.6. The normalized spacial score (nSPS) is 11.7. The van der Waals surface area contributed by atoms with Gasteiger partial charge in [0.1, 0.15) is 0 Å². The fourth-order valence-corrected chi connectivity index (χ4v) is 0.473. The third kappa shape index (κ3) is 14.4. The van der Waals surface area contributed by atoms with Crippen molar-refractivity contribution in [2.24, 2.45) is 5.73 Å². The first-order valence-corrected chi connectivity index (χ1v) is 4.85. The van der Waals surface area contributed by atoms with Crippen LogP contribution >= 0.6 is 0 Å². The smallest absolute Gasteiger partial charge is 0.475 e. The Morgan fingerprint density at radius 1 is 1.33 bits per heavy atom. The lowest BCUT2D eigenvalue weighted by Crippen LogP contribution is -2.29. The zero-order chi connectivity index (χ0) is 15.0. The van der Waals surface area contributed by atoms with Crippen molar-refractivity contribution in [3.63, 3.8) is 0 Å². The molecule has 8 heteroatoms. The van der Waals surface area contributed by atoms with Gasteiger partial charge in [-0.1, -0.05) is 6.08 Å². The van der Waals surface area contributed by atoms with Crippen LogP contribution in [0.25, 0.3) is 0 Å². The average Bonchev–Trinajstić information content (AvgIpc) is 2.13. The molecule has 0 aromatic heterocycles. The number of carbonyl (C=O) groups excluding carboxylic acids is 1. The van der Waals surface area contributed by atoms with E-state index >= 15 is 0 Å². The van der Waals surface area contributed by atoms with Crippen LogP contribution in [-0.4, -0.2) is 35.4 Å². The summed E-state index contributed by atoms with van der Waals surface area (Å²) in [5, 5.41) is 7.12. The molecule has 0 spiro atoms. The van der Waals surface area contributed by atoms with Gasteiger partial charge in [-0.25, -0.2) is 9.59 Å². The van der Waals surface area contributed by atoms with Crippen LogP contribution in [0, 0.1) is 0 Å². The van der Waals surface area contributed by atoms with Crippen LogP contribution in [0.2, 0.25) is 0 Å². The number of ether oxygens (including phenoxy) is 1. The molecule has 0 saturated carbocycles. The first kappa shape index (κ1) is 18.8. The predicted octanol–water partition coefficient (Wildman–Crippen LogP) is 1.48. The van der Waals surface area contributed by atoms with Crippen LogP contribution in [0.1, 0.15) is 20.8 Å². The van der Waals surface area contributed by atoms with Crippen LogP contribution in [0.3, 0.4) is 0 Å². The molecule has 0 atom stereocenters. The standard InChI is InChI=1S/C8H15NO2.C2HF3O2/c1-4-11-7(10)5-6-8(2,3)9;3-2(4,5)1(6)7/h5-6H,4,9H2,1-3H3;(H,6,7)/b6-5+;. The molecule has 0 aromatic carbocycles. The van der Waals surface area contributed by atoms with E-state index in [-0.39, 0.29) is 5.97 Å². The second kappa shape index (κ2) is 7.70. The summed E-state index contributed by atoms with van der Waals surface area (Å²) in [5.41, 5.74) is 5.13. The van der Waals surface area contributed by atoms with Crippen LogP contribution in [0.5, 0.6) is 0 Å². The largest absolute Gasteiger partial charge is 0.490 e. The number of carboxylic acid groups (broad SMARTS) is 1. The Kier molecular flexibility index (Phi) is 8.03. The zero-order valence-corrected chi connectivity index (χ0v) is 10.2. The molecule has 18 heavy (non-hydrogen) atoms. The molecule has 106 valence electrons. The minimum atomic E-state index is -5.08. The zero-order valence-electron chi connectivity index (χ0n) is 10.2. The minimum Gasteiger partial charge on any atom is -0.475 e. The van der Waals surface area contributed by atoms with Crippen molar-refractivity contribution in [1.82, 2.24) is 0 Å². The Morgan fingerprint density at radius 3 is 1.94 bits per heavy atom. The Labute approximate surface area is 102 Å². The minimum absolute atomic E-state index is 0.342. The van der Waals surface area contributed by atoms with Gasteiger partial charge in [0.05, 0.1) is 6.61 Å². The second-order valence-electron chi connectivity index (χ2n) is 3.71. The molecule has 0 aliphatic heterocycles. The van der Waals surface area contributed by atoms with Gasteiger partial charge in [0.15, 0.2) is 0 Å². The van der Waals surface area contributed by atoms with E-state index in [2.05, 4.69) is 4.74 Å². The summed E-state index contributed by atoms with van der Waals surface area (Å²) in [6.45, 7) is 5.78. The van der Waals surface area contributed by atoms with Gasteiger partial charge in [-0.3, -0.25) is 0 Å². The number of hydrogen-bond donors (Lipinski definition) is 2. The summed E-state index contributed by atoms with van der Waals surface area (Å²) in [6.07, 6.45) is -2.12. The second-order valence-corrected chi connectivity index (χ2v) is 3.71. The lowest BCUT2D eigenvalue weighted by molar-refractivity contribution is -0.192. The van der Waals surface area contributed by atoms with Crippen LogP contribution < -0.4 is 5.73 Å². The van der Waals surface area contributed by atoms with E-state index < -0.39 is 17.7 Å². The Hall–Kier alpha value is -1.57. The van der Waals surface area contributed by atoms with Gasteiger partial charge in [-0.15, -0.1) is 0 Å². The molecule has 0 aliphatic rings. The molecule has 0 rings (SSSR count). The van der Waals surface area contributed by atoms with Gasteiger partial charge in [0.2, 0.25) is 0 Å². The lowest BCUT2D eigenvalue weighted by Gasteiger charge is -2.10. The molecule has 0 amide bonds. The molecule has 0 bridgehead atoms. The van der Waals surface area contributed by atoms with Crippen molar-refractivity contribution >= 4 is 11.9 Å². The highest BCUT2D eigenvalue weighted by Gasteiger charge is 2.38. The summed E-state index contributed by atoms with van der Waals surface area (Å²) >= 11 is 0. The number of halogens is 3. The first-order valence-electron chi connectivity index (χ1n) is 4.85. The SMILES string of the molecule is CCOC(=O)/C=C/C(C)(C)N.O=C(O)C(F)(F)F. The van der Waals surface area contributed by atoms with Crippen molar-refractivity contribution in [2.45, 2.75) is 32.5 Å². The van der Waals surface area contributed by atoms with Crippen molar-refractivity contribution in [1.29, 1.82) is 0 Å². The van der Waals surface area contributed by atoms with Gasteiger partial charge >= 0.3 is 18.1 Å². The van der Waals surface area contributed by atoms with Crippen molar-refractivity contribution in [2.75, 3.05) is 6.61 Å². The number of hydrogen-bond acceptors (Lipinski definition) is 4. The highest BCUT2D eigenvalue weighted by Crippen LogP contribution is 2.13. The molecular weight excluding hydrogens is 255 g/mol. The molecule has 0 radical (unpaired) electrons. The molecule has 3 N–H and O–H groups in total. The average molecular weight is 271 g/mol. The van der Waals surface area contributed by atoms with E-state index in [1.807, 2.05) is 13.8 Å². The van der Waals surface area contributed by atoms with Gasteiger partial charge in [-0.2, -0.15) is 13.2 Å². The van der Waals surface area contributed by atoms with Gasteiger partial charge < -0.3 is 15.6 Å². The Bertz CT molecular complexity index is 305. The van der Waals surface area contributed by atoms with Crippen molar-refractivity contribution < 1.29 is 32.6 Å². The topological polar surface area (TPSA) is 89.6 Å². The lowest BCUT2D eigenvalue weighted by atomic mass is 10.1. The highest BCUT2D eigenvalue weighted by molar-refractivity contribution is 5.82. The number of nitrogens with two attached hydrogens (primary N) is 1. The van der Waals surface area contributed by atoms with Crippen LogP contribution in [0.15, 0.2) is 12.2 Å². The van der Waals surface area contributed by atoms with E-state index in [0.717, 1.165) is 0 Å². The number of aliphatic carboxylic acids is 1. The van der Waals surface area contributed by atoms with E-state index in [4.69, 9.17) is 15.6 Å². The molecular formula is C10H16F3NO4. The Balaban J connectivity index is 0. The maximum absolute atomic E-state index is 10.7. The molecule has 0 saturated heterocycles. The van der Waals surface area contributed by atoms with E-state index in [1.165, 1.54) is 6.08 Å². The van der Waals surface area contributed by atoms with Crippen molar-refractivity contribution in [3.8, 4) is 0 Å². The van der Waals surface area contributed by atoms with Gasteiger partial charge in [0.25, 0.3) is 0 Å². The predicted molar refractivity (Wildman–Crippen MR) is 57.7 cm³/mol. The number of rotatable bonds is 3. The highest BCUT2D eigenvalue weighted by atomic mass is 19.4. The maximum atomic E-state index is 10.7. The van der Waals surface area contributed by atoms with Crippen LogP contribution in [-0.2, 0) is 14.3 Å². The third-order valence-electron chi connectivity index (χ3n) is 1.18. The number of carboxylic acids is 1. The van der Waals surface area contributed by atoms with Gasteiger partial charge in [-0.05, 0) is 20.8 Å². The first-order chi connectivity index (χ1) is 7.90. The summed E-state index contributed by atoms with van der Waals surface area (Å²) in [6, 6.07) is 0. The molecule has 5 nitrogen and oxygen atoms in total. The van der Waals surface area contributed by atoms with Crippen LogP contribution in [0.4, 0.5) is 13.2 Å². The van der Waals surface area contributed by atoms with E-state index in [9.17, 15) is 18.0 Å². The van der Waals surface area contributed by atoms with Crippen molar-refractivity contribution in [3.05, 3.63) is 12.2 Å². The third-order valence-corrected chi connectivity index (χ3v) is 1.18. The molecule has 0 fully saturated rings. The Morgan fingerprint density at radius 2 is 1.72 bits per heavy atom. The van der Waals surface area contributed by atoms with E-state index in [1.54, 1.807) is 13.0 Å². The molecule has 0 heterocycles. The quantitative estimate of drug-likeness (QED) is 0.599. The monoisotopic (exact) mass is 271 g/mol. The number of carbonyl (C=O) groups is 2. The summed E-state index contributed by atoms with van der Waals surface area (Å²) < 4.78 is 36.4.